The zero-order chi connectivity index (χ0) is 16.9. The van der Waals surface area contributed by atoms with Crippen LogP contribution in [0.5, 0.6) is 5.75 Å². The van der Waals surface area contributed by atoms with Crippen molar-refractivity contribution >= 4 is 23.7 Å². The number of nitrogens with zero attached hydrogens (tertiary/aromatic N) is 1. The van der Waals surface area contributed by atoms with Gasteiger partial charge in [0.2, 0.25) is 0 Å². The van der Waals surface area contributed by atoms with Gasteiger partial charge in [-0.05, 0) is 39.0 Å². The molecule has 0 aliphatic rings. The molecule has 0 aliphatic heterocycles. The molecule has 1 aromatic carbocycles. The first-order valence-corrected chi connectivity index (χ1v) is 7.07. The Balaban J connectivity index is 2.59. The van der Waals surface area contributed by atoms with Crippen LogP contribution in [0.1, 0.15) is 31.1 Å². The number of carbonyl (C=O) groups excluding carboxylic acids is 1. The van der Waals surface area contributed by atoms with Crippen molar-refractivity contribution in [2.24, 2.45) is 0 Å². The summed E-state index contributed by atoms with van der Waals surface area (Å²) in [7, 11) is 1.58. The number of carboxylic acid groups (broad SMARTS) is 1. The first kappa shape index (κ1) is 18.1. The molecule has 0 fully saturated rings. The monoisotopic (exact) mass is 329 g/mol. The van der Waals surface area contributed by atoms with E-state index in [1.54, 1.807) is 27.8 Å². The van der Waals surface area contributed by atoms with Crippen LogP contribution in [0.4, 0.5) is 4.79 Å². The van der Waals surface area contributed by atoms with Crippen molar-refractivity contribution in [2.45, 2.75) is 26.4 Å². The van der Waals surface area contributed by atoms with E-state index in [1.807, 2.05) is 0 Å². The Kier molecular flexibility index (Phi) is 6.05. The molecule has 0 radical (unpaired) electrons. The highest BCUT2D eigenvalue weighted by Crippen LogP contribution is 2.23. The summed E-state index contributed by atoms with van der Waals surface area (Å²) in [4.78, 5) is 24.2. The average molecular weight is 330 g/mol. The van der Waals surface area contributed by atoms with Gasteiger partial charge in [0, 0.05) is 12.1 Å². The third kappa shape index (κ3) is 5.81. The number of carbonyl (C=O) groups is 2. The lowest BCUT2D eigenvalue weighted by molar-refractivity contribution is 0.0277. The second kappa shape index (κ2) is 7.35. The molecule has 122 valence electrons. The summed E-state index contributed by atoms with van der Waals surface area (Å²) in [5.41, 5.74) is -0.556. The number of carboxylic acids is 1. The molecule has 0 atom stereocenters. The predicted molar refractivity (Wildman–Crippen MR) is 82.8 cm³/mol. The number of halogens is 1. The predicted octanol–water partition coefficient (Wildman–Crippen LogP) is 3.28. The Morgan fingerprint density at radius 2 is 1.95 bits per heavy atom. The fourth-order valence-corrected chi connectivity index (χ4v) is 1.68. The maximum absolute atomic E-state index is 11.8. The molecule has 1 aromatic rings. The molecule has 0 aromatic heterocycles. The van der Waals surface area contributed by atoms with E-state index in [4.69, 9.17) is 26.2 Å². The molecule has 22 heavy (non-hydrogen) atoms. The van der Waals surface area contributed by atoms with E-state index < -0.39 is 17.7 Å². The maximum Gasteiger partial charge on any atom is 0.410 e. The van der Waals surface area contributed by atoms with E-state index in [9.17, 15) is 9.59 Å². The van der Waals surface area contributed by atoms with Crippen molar-refractivity contribution < 1.29 is 24.2 Å². The molecule has 1 rings (SSSR count). The van der Waals surface area contributed by atoms with E-state index in [-0.39, 0.29) is 24.5 Å². The number of aromatic carboxylic acids is 1. The van der Waals surface area contributed by atoms with Gasteiger partial charge in [-0.25, -0.2) is 9.59 Å². The largest absolute Gasteiger partial charge is 0.491 e. The number of hydrogen-bond donors (Lipinski definition) is 1. The molecule has 0 bridgehead atoms. The fourth-order valence-electron chi connectivity index (χ4n) is 1.52. The fraction of sp³-hybridized carbons (Fsp3) is 0.467. The van der Waals surface area contributed by atoms with Crippen molar-refractivity contribution in [2.75, 3.05) is 20.2 Å². The number of rotatable bonds is 5. The SMILES string of the molecule is CN(CCOc1cc(Cl)ccc1C(=O)O)C(=O)OC(C)(C)C. The Morgan fingerprint density at radius 1 is 1.32 bits per heavy atom. The molecule has 0 saturated carbocycles. The Morgan fingerprint density at radius 3 is 2.50 bits per heavy atom. The van der Waals surface area contributed by atoms with Crippen LogP contribution in [0.15, 0.2) is 18.2 Å². The van der Waals surface area contributed by atoms with Gasteiger partial charge in [0.15, 0.2) is 0 Å². The van der Waals surface area contributed by atoms with Crippen LogP contribution in [0.2, 0.25) is 5.02 Å². The second-order valence-corrected chi connectivity index (χ2v) is 6.13. The van der Waals surface area contributed by atoms with E-state index in [2.05, 4.69) is 0 Å². The van der Waals surface area contributed by atoms with Gasteiger partial charge in [0.05, 0.1) is 6.54 Å². The van der Waals surface area contributed by atoms with Crippen LogP contribution < -0.4 is 4.74 Å². The maximum atomic E-state index is 11.8. The first-order valence-electron chi connectivity index (χ1n) is 6.70. The molecule has 0 spiro atoms. The highest BCUT2D eigenvalue weighted by atomic mass is 35.5. The lowest BCUT2D eigenvalue weighted by atomic mass is 10.2. The van der Waals surface area contributed by atoms with E-state index >= 15 is 0 Å². The molecule has 0 heterocycles. The molecular weight excluding hydrogens is 310 g/mol. The molecule has 7 heteroatoms. The summed E-state index contributed by atoms with van der Waals surface area (Å²) < 4.78 is 10.6. The van der Waals surface area contributed by atoms with Gasteiger partial charge in [-0.15, -0.1) is 0 Å². The van der Waals surface area contributed by atoms with Gasteiger partial charge >= 0.3 is 12.1 Å². The smallest absolute Gasteiger partial charge is 0.410 e. The summed E-state index contributed by atoms with van der Waals surface area (Å²) in [6, 6.07) is 4.28. The zero-order valence-electron chi connectivity index (χ0n) is 13.1. The molecule has 1 N–H and O–H groups in total. The Hall–Kier alpha value is -1.95. The van der Waals surface area contributed by atoms with Crippen LogP contribution in [-0.4, -0.2) is 47.9 Å². The van der Waals surface area contributed by atoms with Crippen LogP contribution in [-0.2, 0) is 4.74 Å². The van der Waals surface area contributed by atoms with Gasteiger partial charge in [-0.1, -0.05) is 11.6 Å². The first-order chi connectivity index (χ1) is 10.1. The minimum Gasteiger partial charge on any atom is -0.491 e. The van der Waals surface area contributed by atoms with E-state index in [0.717, 1.165) is 0 Å². The number of hydrogen-bond acceptors (Lipinski definition) is 4. The molecule has 0 unspecified atom stereocenters. The van der Waals surface area contributed by atoms with Crippen molar-refractivity contribution in [3.8, 4) is 5.75 Å². The zero-order valence-corrected chi connectivity index (χ0v) is 13.8. The van der Waals surface area contributed by atoms with Gasteiger partial charge in [-0.2, -0.15) is 0 Å². The van der Waals surface area contributed by atoms with Crippen LogP contribution >= 0.6 is 11.6 Å². The molecular formula is C15H20ClNO5. The molecule has 0 saturated heterocycles. The van der Waals surface area contributed by atoms with Crippen LogP contribution in [0, 0.1) is 0 Å². The number of ether oxygens (including phenoxy) is 2. The summed E-state index contributed by atoms with van der Waals surface area (Å²) in [5, 5.41) is 9.45. The molecule has 0 aliphatic carbocycles. The third-order valence-corrected chi connectivity index (χ3v) is 2.80. The Labute approximate surface area is 134 Å². The van der Waals surface area contributed by atoms with Crippen molar-refractivity contribution in [3.63, 3.8) is 0 Å². The van der Waals surface area contributed by atoms with Crippen molar-refractivity contribution in [1.29, 1.82) is 0 Å². The number of benzene rings is 1. The lowest BCUT2D eigenvalue weighted by Crippen LogP contribution is -2.36. The standard InChI is InChI=1S/C15H20ClNO5/c1-15(2,3)22-14(20)17(4)7-8-21-12-9-10(16)5-6-11(12)13(18)19/h5-6,9H,7-8H2,1-4H3,(H,18,19). The highest BCUT2D eigenvalue weighted by molar-refractivity contribution is 6.30. The third-order valence-electron chi connectivity index (χ3n) is 2.56. The molecule has 1 amide bonds. The minimum absolute atomic E-state index is 0.0179. The van der Waals surface area contributed by atoms with Crippen LogP contribution in [0.3, 0.4) is 0 Å². The quantitative estimate of drug-likeness (QED) is 0.897. The van der Waals surface area contributed by atoms with Gasteiger partial charge in [0.1, 0.15) is 23.5 Å². The minimum atomic E-state index is -1.10. The van der Waals surface area contributed by atoms with Gasteiger partial charge in [-0.3, -0.25) is 0 Å². The van der Waals surface area contributed by atoms with Crippen molar-refractivity contribution in [1.82, 2.24) is 4.90 Å². The average Bonchev–Trinajstić information content (AvgIpc) is 2.36. The van der Waals surface area contributed by atoms with Crippen molar-refractivity contribution in [3.05, 3.63) is 28.8 Å². The molecule has 6 nitrogen and oxygen atoms in total. The Bertz CT molecular complexity index is 553. The van der Waals surface area contributed by atoms with E-state index in [0.29, 0.717) is 5.02 Å². The van der Waals surface area contributed by atoms with Gasteiger partial charge < -0.3 is 19.5 Å². The summed E-state index contributed by atoms with van der Waals surface area (Å²) in [6.07, 6.45) is -0.472. The lowest BCUT2D eigenvalue weighted by Gasteiger charge is -2.24. The highest BCUT2D eigenvalue weighted by Gasteiger charge is 2.19. The topological polar surface area (TPSA) is 76.1 Å². The van der Waals surface area contributed by atoms with E-state index in [1.165, 1.54) is 23.1 Å². The summed E-state index contributed by atoms with van der Waals surface area (Å²) in [6.45, 7) is 5.71. The number of amides is 1. The van der Waals surface area contributed by atoms with Crippen LogP contribution in [0.25, 0.3) is 0 Å². The summed E-state index contributed by atoms with van der Waals surface area (Å²) >= 11 is 5.83. The summed E-state index contributed by atoms with van der Waals surface area (Å²) in [5.74, 6) is -0.940. The van der Waals surface area contributed by atoms with Gasteiger partial charge in [0.25, 0.3) is 0 Å². The number of likely N-dealkylation sites (N-methyl/N-ethyl adjacent to an activating group) is 1. The second-order valence-electron chi connectivity index (χ2n) is 5.70. The normalized spacial score (nSPS) is 11.0.